The van der Waals surface area contributed by atoms with E-state index in [2.05, 4.69) is 10.3 Å². The number of nitrogens with zero attached hydrogens (tertiary/aromatic N) is 2. The molecule has 0 spiro atoms. The summed E-state index contributed by atoms with van der Waals surface area (Å²) in [4.78, 5) is 45.0. The van der Waals surface area contributed by atoms with Crippen LogP contribution in [-0.4, -0.2) is 27.3 Å². The van der Waals surface area contributed by atoms with E-state index in [1.165, 1.54) is 29.2 Å². The number of aryl methyl sites for hydroxylation is 1. The molecule has 0 fully saturated rings. The smallest absolute Gasteiger partial charge is 0.263 e. The van der Waals surface area contributed by atoms with Gasteiger partial charge in [0.25, 0.3) is 5.56 Å². The highest BCUT2D eigenvalue weighted by atomic mass is 32.1. The lowest BCUT2D eigenvalue weighted by Gasteiger charge is -2.16. The molecule has 1 aromatic carbocycles. The molecule has 1 amide bonds. The van der Waals surface area contributed by atoms with Crippen molar-refractivity contribution in [1.29, 1.82) is 0 Å². The van der Waals surface area contributed by atoms with Crippen LogP contribution in [0.15, 0.2) is 59.0 Å². The molecular weight excluding hydrogens is 430 g/mol. The van der Waals surface area contributed by atoms with Crippen molar-refractivity contribution in [2.45, 2.75) is 32.9 Å². The predicted octanol–water partition coefficient (Wildman–Crippen LogP) is 3.81. The van der Waals surface area contributed by atoms with Gasteiger partial charge in [-0.2, -0.15) is 0 Å². The average molecular weight is 452 g/mol. The highest BCUT2D eigenvalue weighted by Crippen LogP contribution is 2.34. The van der Waals surface area contributed by atoms with Crippen molar-refractivity contribution in [3.63, 3.8) is 0 Å². The molecule has 3 aromatic heterocycles. The number of Topliss-reactive ketones (excluding diaryl/α,β-unsaturated/α-hetero) is 1. The van der Waals surface area contributed by atoms with Crippen LogP contribution in [0.5, 0.6) is 0 Å². The van der Waals surface area contributed by atoms with Gasteiger partial charge in [0.05, 0.1) is 17.8 Å². The van der Waals surface area contributed by atoms with Gasteiger partial charge in [-0.15, -0.1) is 22.7 Å². The van der Waals surface area contributed by atoms with Crippen LogP contribution in [-0.2, 0) is 22.6 Å². The van der Waals surface area contributed by atoms with Crippen molar-refractivity contribution in [2.24, 2.45) is 0 Å². The number of carbonyl (C=O) groups excluding carboxylic acids is 2. The van der Waals surface area contributed by atoms with Gasteiger partial charge in [-0.05, 0) is 38.0 Å². The predicted molar refractivity (Wildman–Crippen MR) is 125 cm³/mol. The Balaban J connectivity index is 1.56. The highest BCUT2D eigenvalue weighted by molar-refractivity contribution is 7.19. The van der Waals surface area contributed by atoms with E-state index >= 15 is 0 Å². The first-order chi connectivity index (χ1) is 14.9. The lowest BCUT2D eigenvalue weighted by Crippen LogP contribution is -2.43. The quantitative estimate of drug-likeness (QED) is 0.463. The molecule has 0 aliphatic heterocycles. The number of thiophene rings is 2. The van der Waals surface area contributed by atoms with Crippen molar-refractivity contribution in [2.75, 3.05) is 0 Å². The van der Waals surface area contributed by atoms with Crippen molar-refractivity contribution < 1.29 is 9.59 Å². The fourth-order valence-electron chi connectivity index (χ4n) is 3.38. The Morgan fingerprint density at radius 1 is 1.16 bits per heavy atom. The maximum atomic E-state index is 13.1. The van der Waals surface area contributed by atoms with Crippen LogP contribution in [0.1, 0.15) is 17.4 Å². The van der Waals surface area contributed by atoms with Gasteiger partial charge < -0.3 is 5.32 Å². The summed E-state index contributed by atoms with van der Waals surface area (Å²) in [7, 11) is 0. The minimum absolute atomic E-state index is 0.133. The largest absolute Gasteiger partial charge is 0.344 e. The maximum absolute atomic E-state index is 13.1. The summed E-state index contributed by atoms with van der Waals surface area (Å²) in [5.74, 6) is -0.533. The average Bonchev–Trinajstić information content (AvgIpc) is 3.36. The van der Waals surface area contributed by atoms with Crippen LogP contribution < -0.4 is 10.9 Å². The Hall–Kier alpha value is -3.10. The minimum atomic E-state index is -0.645. The zero-order valence-electron chi connectivity index (χ0n) is 17.1. The summed E-state index contributed by atoms with van der Waals surface area (Å²) in [6, 6.07) is 12.9. The van der Waals surface area contributed by atoms with Gasteiger partial charge in [0.2, 0.25) is 5.91 Å². The molecule has 6 nitrogen and oxygen atoms in total. The Morgan fingerprint density at radius 3 is 2.61 bits per heavy atom. The van der Waals surface area contributed by atoms with E-state index in [9.17, 15) is 14.4 Å². The van der Waals surface area contributed by atoms with Crippen LogP contribution >= 0.6 is 22.7 Å². The molecule has 0 aliphatic carbocycles. The molecular formula is C23H21N3O3S2. The van der Waals surface area contributed by atoms with E-state index in [1.807, 2.05) is 54.8 Å². The molecule has 1 unspecified atom stereocenters. The summed E-state index contributed by atoms with van der Waals surface area (Å²) in [6.07, 6.45) is 1.80. The topological polar surface area (TPSA) is 81.1 Å². The number of hydrogen-bond donors (Lipinski definition) is 1. The summed E-state index contributed by atoms with van der Waals surface area (Å²) < 4.78 is 1.30. The first-order valence-electron chi connectivity index (χ1n) is 9.79. The van der Waals surface area contributed by atoms with Crippen molar-refractivity contribution >= 4 is 44.6 Å². The number of fused-ring (bicyclic) bond motifs is 1. The number of ketones is 1. The van der Waals surface area contributed by atoms with Crippen LogP contribution in [0.4, 0.5) is 0 Å². The van der Waals surface area contributed by atoms with Crippen LogP contribution in [0.3, 0.4) is 0 Å². The summed E-state index contributed by atoms with van der Waals surface area (Å²) in [6.45, 7) is 3.28. The van der Waals surface area contributed by atoms with Crippen LogP contribution in [0.25, 0.3) is 20.7 Å². The van der Waals surface area contributed by atoms with Crippen molar-refractivity contribution in [1.82, 2.24) is 14.9 Å². The first-order valence-corrected chi connectivity index (χ1v) is 11.5. The van der Waals surface area contributed by atoms with Crippen molar-refractivity contribution in [3.05, 3.63) is 75.0 Å². The van der Waals surface area contributed by atoms with E-state index in [1.54, 1.807) is 11.3 Å². The van der Waals surface area contributed by atoms with Gasteiger partial charge in [0, 0.05) is 20.7 Å². The molecule has 158 valence electrons. The number of rotatable bonds is 7. The minimum Gasteiger partial charge on any atom is -0.344 e. The molecule has 0 radical (unpaired) electrons. The normalized spacial score (nSPS) is 12.1. The number of hydrogen-bond acceptors (Lipinski definition) is 6. The molecule has 0 saturated carbocycles. The highest BCUT2D eigenvalue weighted by Gasteiger charge is 2.20. The monoisotopic (exact) mass is 451 g/mol. The summed E-state index contributed by atoms with van der Waals surface area (Å²) in [5, 5.41) is 5.21. The molecule has 0 saturated heterocycles. The maximum Gasteiger partial charge on any atom is 0.263 e. The molecule has 4 aromatic rings. The van der Waals surface area contributed by atoms with Crippen LogP contribution in [0.2, 0.25) is 0 Å². The lowest BCUT2D eigenvalue weighted by atomic mass is 10.0. The second kappa shape index (κ2) is 8.95. The lowest BCUT2D eigenvalue weighted by molar-refractivity contribution is -0.127. The SMILES string of the molecule is CC(=O)C(Cc1ccccc1)NC(=O)Cn1cnc2scc(-c3ccc(C)s3)c2c1=O. The Bertz CT molecular complexity index is 1300. The zero-order chi connectivity index (χ0) is 22.0. The molecule has 1 atom stereocenters. The molecule has 8 heteroatoms. The fourth-order valence-corrected chi connectivity index (χ4v) is 5.24. The third kappa shape index (κ3) is 4.65. The number of benzene rings is 1. The Kier molecular flexibility index (Phi) is 6.11. The fraction of sp³-hybridized carbons (Fsp3) is 0.217. The third-order valence-electron chi connectivity index (χ3n) is 4.99. The number of carbonyl (C=O) groups is 2. The number of amides is 1. The second-order valence-electron chi connectivity index (χ2n) is 7.34. The van der Waals surface area contributed by atoms with Gasteiger partial charge in [-0.1, -0.05) is 30.3 Å². The standard InChI is InChI=1S/C23H21N3O3S2/c1-14-8-9-19(31-14)17-12-30-22-21(17)23(29)26(13-24-22)11-20(28)25-18(15(2)27)10-16-6-4-3-5-7-16/h3-9,12-13,18H,10-11H2,1-2H3,(H,25,28). The van der Waals surface area contributed by atoms with Crippen molar-refractivity contribution in [3.8, 4) is 10.4 Å². The van der Waals surface area contributed by atoms with E-state index in [4.69, 9.17) is 0 Å². The number of nitrogens with one attached hydrogen (secondary N) is 1. The third-order valence-corrected chi connectivity index (χ3v) is 6.91. The van der Waals surface area contributed by atoms with Gasteiger partial charge in [-0.25, -0.2) is 4.98 Å². The molecule has 0 aliphatic rings. The second-order valence-corrected chi connectivity index (χ2v) is 9.48. The van der Waals surface area contributed by atoms with E-state index < -0.39 is 11.9 Å². The van der Waals surface area contributed by atoms with Gasteiger partial charge in [0.1, 0.15) is 11.4 Å². The summed E-state index contributed by atoms with van der Waals surface area (Å²) in [5.41, 5.74) is 1.54. The van der Waals surface area contributed by atoms with E-state index in [-0.39, 0.29) is 17.9 Å². The summed E-state index contributed by atoms with van der Waals surface area (Å²) >= 11 is 3.03. The Labute approximate surface area is 187 Å². The molecule has 1 N–H and O–H groups in total. The zero-order valence-corrected chi connectivity index (χ0v) is 18.8. The molecule has 4 rings (SSSR count). The van der Waals surface area contributed by atoms with Crippen LogP contribution in [0, 0.1) is 6.92 Å². The van der Waals surface area contributed by atoms with Gasteiger partial charge in [-0.3, -0.25) is 19.0 Å². The Morgan fingerprint density at radius 2 is 1.94 bits per heavy atom. The van der Waals surface area contributed by atoms with Gasteiger partial charge >= 0.3 is 0 Å². The molecule has 3 heterocycles. The molecule has 0 bridgehead atoms. The number of aromatic nitrogens is 2. The first kappa shape index (κ1) is 21.1. The molecule has 31 heavy (non-hydrogen) atoms. The van der Waals surface area contributed by atoms with E-state index in [0.29, 0.717) is 16.6 Å². The van der Waals surface area contributed by atoms with E-state index in [0.717, 1.165) is 20.9 Å². The van der Waals surface area contributed by atoms with Gasteiger partial charge in [0.15, 0.2) is 5.78 Å².